The third kappa shape index (κ3) is 4.00. The van der Waals surface area contributed by atoms with E-state index < -0.39 is 15.3 Å². The Hall–Kier alpha value is -2.28. The zero-order valence-corrected chi connectivity index (χ0v) is 19.5. The van der Waals surface area contributed by atoms with E-state index >= 15 is 0 Å². The predicted octanol–water partition coefficient (Wildman–Crippen LogP) is 5.05. The van der Waals surface area contributed by atoms with E-state index in [2.05, 4.69) is 5.32 Å². The molecule has 1 aliphatic rings. The Morgan fingerprint density at radius 3 is 2.17 bits per heavy atom. The lowest BCUT2D eigenvalue weighted by atomic mass is 9.96. The van der Waals surface area contributed by atoms with Crippen molar-refractivity contribution in [1.29, 1.82) is 0 Å². The first-order valence-electron chi connectivity index (χ1n) is 10.4. The van der Waals surface area contributed by atoms with Gasteiger partial charge in [-0.15, -0.1) is 0 Å². The molecule has 0 unspecified atom stereocenters. The molecule has 1 amide bonds. The van der Waals surface area contributed by atoms with Gasteiger partial charge in [-0.25, -0.2) is 8.42 Å². The van der Waals surface area contributed by atoms with E-state index in [1.165, 1.54) is 0 Å². The number of hydrogen-bond acceptors (Lipinski definition) is 4. The Bertz CT molecular complexity index is 1040. The highest BCUT2D eigenvalue weighted by molar-refractivity contribution is 7.91. The maximum atomic E-state index is 13.7. The maximum Gasteiger partial charge on any atom is 0.230 e. The normalized spacial score (nSPS) is 15.4. The van der Waals surface area contributed by atoms with Gasteiger partial charge < -0.3 is 14.6 Å². The molecule has 0 saturated heterocycles. The van der Waals surface area contributed by atoms with Crippen molar-refractivity contribution >= 4 is 21.6 Å². The lowest BCUT2D eigenvalue weighted by Gasteiger charge is -2.23. The molecule has 1 N–H and O–H groups in total. The average Bonchev–Trinajstić information content (AvgIpc) is 3.28. The Kier molecular flexibility index (Phi) is 6.05. The molecular weight excluding hydrogens is 400 g/mol. The van der Waals surface area contributed by atoms with Crippen molar-refractivity contribution in [3.63, 3.8) is 0 Å². The number of nitrogens with one attached hydrogen (secondary N) is 1. The molecular formula is C23H32N2O4S. The molecule has 6 nitrogen and oxygen atoms in total. The van der Waals surface area contributed by atoms with Crippen molar-refractivity contribution in [3.8, 4) is 5.75 Å². The Balaban J connectivity index is 2.21. The highest BCUT2D eigenvalue weighted by Gasteiger charge is 2.35. The molecule has 30 heavy (non-hydrogen) atoms. The highest BCUT2D eigenvalue weighted by Crippen LogP contribution is 2.42. The standard InChI is InChI=1S/C23H32N2O4S/c1-15-16(2)25(17-9-7-8-10-17)21(24-22(26)23(3,4)5)20(15)30(27,28)19-13-11-18(29-6)12-14-19/h11-14,17H,7-10H2,1-6H3,(H,24,26). The van der Waals surface area contributed by atoms with Gasteiger partial charge in [0.15, 0.2) is 0 Å². The van der Waals surface area contributed by atoms with Crippen LogP contribution in [0.25, 0.3) is 0 Å². The molecule has 1 heterocycles. The number of methoxy groups -OCH3 is 1. The second kappa shape index (κ2) is 8.10. The van der Waals surface area contributed by atoms with Crippen LogP contribution in [0.15, 0.2) is 34.1 Å². The van der Waals surface area contributed by atoms with Crippen LogP contribution in [-0.2, 0) is 14.6 Å². The van der Waals surface area contributed by atoms with Crippen LogP contribution in [0.2, 0.25) is 0 Å². The molecule has 0 spiro atoms. The van der Waals surface area contributed by atoms with Crippen LogP contribution in [0, 0.1) is 19.3 Å². The first kappa shape index (κ1) is 22.4. The number of ether oxygens (including phenoxy) is 1. The largest absolute Gasteiger partial charge is 0.497 e. The molecule has 0 aliphatic heterocycles. The summed E-state index contributed by atoms with van der Waals surface area (Å²) in [5.41, 5.74) is 0.924. The number of rotatable bonds is 5. The van der Waals surface area contributed by atoms with E-state index in [4.69, 9.17) is 4.74 Å². The molecule has 1 fully saturated rings. The van der Waals surface area contributed by atoms with Gasteiger partial charge in [0.1, 0.15) is 16.5 Å². The van der Waals surface area contributed by atoms with Gasteiger partial charge in [-0.1, -0.05) is 33.6 Å². The Morgan fingerprint density at radius 2 is 1.67 bits per heavy atom. The molecule has 164 valence electrons. The number of benzene rings is 1. The van der Waals surface area contributed by atoms with Gasteiger partial charge in [-0.2, -0.15) is 0 Å². The molecule has 3 rings (SSSR count). The first-order valence-corrected chi connectivity index (χ1v) is 11.9. The van der Waals surface area contributed by atoms with Crippen LogP contribution in [0.3, 0.4) is 0 Å². The zero-order chi connectivity index (χ0) is 22.3. The summed E-state index contributed by atoms with van der Waals surface area (Å²) in [5.74, 6) is 0.782. The number of sulfone groups is 1. The Labute approximate surface area is 179 Å². The smallest absolute Gasteiger partial charge is 0.230 e. The number of hydrogen-bond donors (Lipinski definition) is 1. The molecule has 0 bridgehead atoms. The molecule has 0 atom stereocenters. The fraction of sp³-hybridized carbons (Fsp3) is 0.522. The lowest BCUT2D eigenvalue weighted by Crippen LogP contribution is -2.30. The number of aromatic nitrogens is 1. The molecule has 1 aromatic carbocycles. The van der Waals surface area contributed by atoms with Crippen LogP contribution < -0.4 is 10.1 Å². The van der Waals surface area contributed by atoms with E-state index in [-0.39, 0.29) is 21.7 Å². The van der Waals surface area contributed by atoms with Crippen molar-refractivity contribution in [2.75, 3.05) is 12.4 Å². The SMILES string of the molecule is COc1ccc(S(=O)(=O)c2c(C)c(C)n(C3CCCC3)c2NC(=O)C(C)(C)C)cc1. The summed E-state index contributed by atoms with van der Waals surface area (Å²) in [6, 6.07) is 6.56. The fourth-order valence-electron chi connectivity index (χ4n) is 4.03. The first-order chi connectivity index (χ1) is 14.0. The quantitative estimate of drug-likeness (QED) is 0.717. The van der Waals surface area contributed by atoms with E-state index in [1.54, 1.807) is 31.4 Å². The van der Waals surface area contributed by atoms with Gasteiger partial charge in [0.2, 0.25) is 15.7 Å². The number of amides is 1. The van der Waals surface area contributed by atoms with Crippen LogP contribution in [-0.4, -0.2) is 26.0 Å². The maximum absolute atomic E-state index is 13.7. The van der Waals surface area contributed by atoms with Crippen molar-refractivity contribution in [3.05, 3.63) is 35.5 Å². The summed E-state index contributed by atoms with van der Waals surface area (Å²) in [7, 11) is -2.30. The minimum absolute atomic E-state index is 0.182. The van der Waals surface area contributed by atoms with Gasteiger partial charge in [0.05, 0.1) is 12.0 Å². The van der Waals surface area contributed by atoms with E-state index in [0.29, 0.717) is 17.1 Å². The number of anilines is 1. The molecule has 2 aromatic rings. The summed E-state index contributed by atoms with van der Waals surface area (Å²) >= 11 is 0. The molecule has 1 aromatic heterocycles. The minimum Gasteiger partial charge on any atom is -0.497 e. The molecule has 0 radical (unpaired) electrons. The predicted molar refractivity (Wildman–Crippen MR) is 118 cm³/mol. The second-order valence-corrected chi connectivity index (χ2v) is 11.0. The van der Waals surface area contributed by atoms with Gasteiger partial charge in [-0.05, 0) is 56.5 Å². The number of carbonyl (C=O) groups excluding carboxylic acids is 1. The van der Waals surface area contributed by atoms with Crippen LogP contribution >= 0.6 is 0 Å². The van der Waals surface area contributed by atoms with Gasteiger partial charge in [0, 0.05) is 17.2 Å². The van der Waals surface area contributed by atoms with Crippen molar-refractivity contribution < 1.29 is 17.9 Å². The van der Waals surface area contributed by atoms with E-state index in [1.807, 2.05) is 39.2 Å². The van der Waals surface area contributed by atoms with Crippen molar-refractivity contribution in [2.24, 2.45) is 5.41 Å². The Morgan fingerprint density at radius 1 is 1.10 bits per heavy atom. The van der Waals surface area contributed by atoms with Crippen molar-refractivity contribution in [2.45, 2.75) is 76.1 Å². The topological polar surface area (TPSA) is 77.4 Å². The molecule has 7 heteroatoms. The van der Waals surface area contributed by atoms with Gasteiger partial charge >= 0.3 is 0 Å². The summed E-state index contributed by atoms with van der Waals surface area (Å²) in [6.45, 7) is 9.23. The number of nitrogens with zero attached hydrogens (tertiary/aromatic N) is 1. The third-order valence-electron chi connectivity index (χ3n) is 5.94. The average molecular weight is 433 g/mol. The zero-order valence-electron chi connectivity index (χ0n) is 18.7. The minimum atomic E-state index is -3.84. The van der Waals surface area contributed by atoms with Crippen LogP contribution in [0.4, 0.5) is 5.82 Å². The van der Waals surface area contributed by atoms with Crippen molar-refractivity contribution in [1.82, 2.24) is 4.57 Å². The van der Waals surface area contributed by atoms with Crippen LogP contribution in [0.5, 0.6) is 5.75 Å². The third-order valence-corrected chi connectivity index (χ3v) is 7.87. The van der Waals surface area contributed by atoms with Gasteiger partial charge in [0.25, 0.3) is 0 Å². The van der Waals surface area contributed by atoms with Gasteiger partial charge in [-0.3, -0.25) is 4.79 Å². The van der Waals surface area contributed by atoms with E-state index in [9.17, 15) is 13.2 Å². The summed E-state index contributed by atoms with van der Waals surface area (Å²) < 4.78 is 34.6. The molecule has 1 saturated carbocycles. The fourth-order valence-corrected chi connectivity index (χ4v) is 5.72. The summed E-state index contributed by atoms with van der Waals surface area (Å²) in [4.78, 5) is 13.3. The van der Waals surface area contributed by atoms with Crippen LogP contribution in [0.1, 0.15) is 63.8 Å². The monoisotopic (exact) mass is 432 g/mol. The highest BCUT2D eigenvalue weighted by atomic mass is 32.2. The van der Waals surface area contributed by atoms with E-state index in [0.717, 1.165) is 31.4 Å². The summed E-state index contributed by atoms with van der Waals surface area (Å²) in [5, 5.41) is 2.98. The molecule has 1 aliphatic carbocycles. The second-order valence-electron chi connectivity index (χ2n) is 9.08. The number of carbonyl (C=O) groups is 1. The summed E-state index contributed by atoms with van der Waals surface area (Å²) in [6.07, 6.45) is 4.17. The lowest BCUT2D eigenvalue weighted by molar-refractivity contribution is -0.123.